The fourth-order valence-electron chi connectivity index (χ4n) is 2.60. The highest BCUT2D eigenvalue weighted by Gasteiger charge is 2.06. The van der Waals surface area contributed by atoms with Crippen LogP contribution in [0.1, 0.15) is 23.1 Å². The van der Waals surface area contributed by atoms with Gasteiger partial charge in [0.25, 0.3) is 0 Å². The minimum atomic E-state index is 0. The molecule has 2 aromatic carbocycles. The molecular weight excluding hydrogens is 429 g/mol. The van der Waals surface area contributed by atoms with E-state index in [1.165, 1.54) is 5.56 Å². The van der Waals surface area contributed by atoms with E-state index in [-0.39, 0.29) is 12.4 Å². The van der Waals surface area contributed by atoms with Gasteiger partial charge in [0.2, 0.25) is 5.16 Å². The Bertz CT molecular complexity index is 889. The van der Waals surface area contributed by atoms with Crippen LogP contribution in [0.5, 0.6) is 5.75 Å². The molecule has 0 fully saturated rings. The van der Waals surface area contributed by atoms with Gasteiger partial charge in [-0.2, -0.15) is 0 Å². The first-order valence-corrected chi connectivity index (χ1v) is 10.5. The van der Waals surface area contributed by atoms with Gasteiger partial charge in [0.1, 0.15) is 12.4 Å². The van der Waals surface area contributed by atoms with Crippen molar-refractivity contribution in [3.8, 4) is 5.75 Å². The molecule has 1 heterocycles. The molecule has 0 bridgehead atoms. The Morgan fingerprint density at radius 2 is 1.97 bits per heavy atom. The highest BCUT2D eigenvalue weighted by molar-refractivity contribution is 7.99. The third-order valence-corrected chi connectivity index (χ3v) is 5.50. The highest BCUT2D eigenvalue weighted by atomic mass is 35.5. The number of hydrogen-bond acceptors (Lipinski definition) is 6. The molecule has 1 aromatic heterocycles. The van der Waals surface area contributed by atoms with Crippen molar-refractivity contribution in [2.45, 2.75) is 31.7 Å². The molecule has 0 spiro atoms. The van der Waals surface area contributed by atoms with Crippen LogP contribution < -0.4 is 10.1 Å². The van der Waals surface area contributed by atoms with E-state index in [9.17, 15) is 0 Å². The van der Waals surface area contributed by atoms with E-state index in [0.717, 1.165) is 40.8 Å². The van der Waals surface area contributed by atoms with Crippen LogP contribution in [0, 0.1) is 6.92 Å². The van der Waals surface area contributed by atoms with E-state index >= 15 is 0 Å². The van der Waals surface area contributed by atoms with Crippen LogP contribution in [0.25, 0.3) is 0 Å². The summed E-state index contributed by atoms with van der Waals surface area (Å²) in [7, 11) is 1.85. The standard InChI is InChI=1S/C20H24ClN5OS.ClH/c1-15-4-6-16(7-5-15)14-27-19-9-8-18(21)12-17(19)13-22-10-3-11-28-20-23-24-25-26(20)2;/h4-9,12,22H,3,10-11,13-14H2,1-2H3;1H. The number of thioether (sulfide) groups is 1. The molecule has 9 heteroatoms. The van der Waals surface area contributed by atoms with E-state index in [0.29, 0.717) is 18.2 Å². The summed E-state index contributed by atoms with van der Waals surface area (Å²) < 4.78 is 7.71. The summed E-state index contributed by atoms with van der Waals surface area (Å²) >= 11 is 7.83. The topological polar surface area (TPSA) is 64.9 Å². The van der Waals surface area contributed by atoms with Crippen LogP contribution in [0.4, 0.5) is 0 Å². The van der Waals surface area contributed by atoms with Crippen molar-refractivity contribution in [1.29, 1.82) is 0 Å². The van der Waals surface area contributed by atoms with Crippen LogP contribution in [-0.2, 0) is 20.2 Å². The summed E-state index contributed by atoms with van der Waals surface area (Å²) in [6, 6.07) is 14.1. The largest absolute Gasteiger partial charge is 0.489 e. The Morgan fingerprint density at radius 3 is 2.69 bits per heavy atom. The molecule has 0 aliphatic carbocycles. The number of nitrogens with one attached hydrogen (secondary N) is 1. The normalized spacial score (nSPS) is 10.6. The minimum Gasteiger partial charge on any atom is -0.489 e. The third-order valence-electron chi connectivity index (χ3n) is 4.16. The molecule has 0 radical (unpaired) electrons. The van der Waals surface area contributed by atoms with Crippen molar-refractivity contribution < 1.29 is 4.74 Å². The first kappa shape index (κ1) is 23.5. The zero-order valence-electron chi connectivity index (χ0n) is 16.5. The molecule has 0 amide bonds. The van der Waals surface area contributed by atoms with E-state index in [1.54, 1.807) is 16.4 Å². The van der Waals surface area contributed by atoms with Gasteiger partial charge in [-0.15, -0.1) is 17.5 Å². The number of ether oxygens (including phenoxy) is 1. The second kappa shape index (κ2) is 12.0. The molecular formula is C20H25Cl2N5OS. The monoisotopic (exact) mass is 453 g/mol. The Hall–Kier alpha value is -1.80. The fourth-order valence-corrected chi connectivity index (χ4v) is 3.58. The third kappa shape index (κ3) is 7.51. The van der Waals surface area contributed by atoms with E-state index < -0.39 is 0 Å². The number of aromatic nitrogens is 4. The second-order valence-electron chi connectivity index (χ2n) is 6.49. The SMILES string of the molecule is Cc1ccc(COc2ccc(Cl)cc2CNCCCSc2nnnn2C)cc1.Cl. The number of aryl methyl sites for hydroxylation is 2. The zero-order valence-corrected chi connectivity index (χ0v) is 18.9. The zero-order chi connectivity index (χ0) is 19.8. The van der Waals surface area contributed by atoms with E-state index in [1.807, 2.05) is 25.2 Å². The van der Waals surface area contributed by atoms with Crippen molar-refractivity contribution in [2.24, 2.45) is 7.05 Å². The van der Waals surface area contributed by atoms with Crippen molar-refractivity contribution in [3.05, 3.63) is 64.2 Å². The maximum atomic E-state index is 6.18. The van der Waals surface area contributed by atoms with Crippen LogP contribution in [0.15, 0.2) is 47.6 Å². The molecule has 29 heavy (non-hydrogen) atoms. The number of halogens is 2. The van der Waals surface area contributed by atoms with Crippen LogP contribution in [-0.4, -0.2) is 32.5 Å². The Balaban J connectivity index is 0.00000300. The van der Waals surface area contributed by atoms with Crippen molar-refractivity contribution >= 4 is 35.8 Å². The maximum Gasteiger partial charge on any atom is 0.209 e. The summed E-state index contributed by atoms with van der Waals surface area (Å²) in [4.78, 5) is 0. The average molecular weight is 454 g/mol. The number of hydrogen-bond donors (Lipinski definition) is 1. The molecule has 0 unspecified atom stereocenters. The van der Waals surface area contributed by atoms with E-state index in [4.69, 9.17) is 16.3 Å². The quantitative estimate of drug-likeness (QED) is 0.361. The maximum absolute atomic E-state index is 6.18. The molecule has 3 rings (SSSR count). The predicted octanol–water partition coefficient (Wildman–Crippen LogP) is 4.44. The summed E-state index contributed by atoms with van der Waals surface area (Å²) in [6.07, 6.45) is 1.01. The predicted molar refractivity (Wildman–Crippen MR) is 120 cm³/mol. The van der Waals surface area contributed by atoms with Gasteiger partial charge < -0.3 is 10.1 Å². The lowest BCUT2D eigenvalue weighted by molar-refractivity contribution is 0.302. The molecule has 0 aliphatic heterocycles. The van der Waals surface area contributed by atoms with Crippen molar-refractivity contribution in [2.75, 3.05) is 12.3 Å². The lowest BCUT2D eigenvalue weighted by atomic mass is 10.1. The van der Waals surface area contributed by atoms with Gasteiger partial charge in [0.15, 0.2) is 0 Å². The van der Waals surface area contributed by atoms with Gasteiger partial charge >= 0.3 is 0 Å². The van der Waals surface area contributed by atoms with Gasteiger partial charge in [0.05, 0.1) is 0 Å². The molecule has 3 aromatic rings. The summed E-state index contributed by atoms with van der Waals surface area (Å²) in [6.45, 7) is 4.22. The first-order chi connectivity index (χ1) is 13.6. The van der Waals surface area contributed by atoms with Crippen molar-refractivity contribution in [1.82, 2.24) is 25.5 Å². The van der Waals surface area contributed by atoms with Gasteiger partial charge in [-0.05, 0) is 54.1 Å². The molecule has 6 nitrogen and oxygen atoms in total. The average Bonchev–Trinajstić information content (AvgIpc) is 3.10. The molecule has 1 N–H and O–H groups in total. The number of tetrazole rings is 1. The van der Waals surface area contributed by atoms with Crippen LogP contribution in [0.2, 0.25) is 5.02 Å². The van der Waals surface area contributed by atoms with Gasteiger partial charge in [-0.3, -0.25) is 0 Å². The van der Waals surface area contributed by atoms with Gasteiger partial charge in [-0.25, -0.2) is 4.68 Å². The molecule has 156 valence electrons. The van der Waals surface area contributed by atoms with Crippen molar-refractivity contribution in [3.63, 3.8) is 0 Å². The Morgan fingerprint density at radius 1 is 1.17 bits per heavy atom. The minimum absolute atomic E-state index is 0. The van der Waals surface area contributed by atoms with E-state index in [2.05, 4.69) is 52.0 Å². The summed E-state index contributed by atoms with van der Waals surface area (Å²) in [5.74, 6) is 1.81. The number of benzene rings is 2. The Labute approximate surface area is 186 Å². The molecule has 0 aliphatic rings. The lowest BCUT2D eigenvalue weighted by Gasteiger charge is -2.13. The number of rotatable bonds is 10. The second-order valence-corrected chi connectivity index (χ2v) is 7.99. The first-order valence-electron chi connectivity index (χ1n) is 9.14. The molecule has 0 atom stereocenters. The summed E-state index contributed by atoms with van der Waals surface area (Å²) in [5, 5.41) is 16.4. The number of nitrogens with zero attached hydrogens (tertiary/aromatic N) is 4. The highest BCUT2D eigenvalue weighted by Crippen LogP contribution is 2.24. The van der Waals surface area contributed by atoms with Crippen LogP contribution >= 0.6 is 35.8 Å². The smallest absolute Gasteiger partial charge is 0.209 e. The summed E-state index contributed by atoms with van der Waals surface area (Å²) in [5.41, 5.74) is 3.45. The fraction of sp³-hybridized carbons (Fsp3) is 0.350. The molecule has 0 saturated carbocycles. The Kier molecular flexibility index (Phi) is 9.73. The lowest BCUT2D eigenvalue weighted by Crippen LogP contribution is -2.16. The van der Waals surface area contributed by atoms with Gasteiger partial charge in [0, 0.05) is 29.9 Å². The van der Waals surface area contributed by atoms with Gasteiger partial charge in [-0.1, -0.05) is 53.2 Å². The van der Waals surface area contributed by atoms with Crippen LogP contribution in [0.3, 0.4) is 0 Å². The molecule has 0 saturated heterocycles.